The molecule has 20 heavy (non-hydrogen) atoms. The summed E-state index contributed by atoms with van der Waals surface area (Å²) in [7, 11) is 0. The molecule has 0 saturated heterocycles. The van der Waals surface area contributed by atoms with Crippen molar-refractivity contribution in [1.82, 2.24) is 0 Å². The van der Waals surface area contributed by atoms with E-state index in [0.717, 1.165) is 28.7 Å². The lowest BCUT2D eigenvalue weighted by molar-refractivity contribution is 0.0993. The number of fused-ring (bicyclic) bond motifs is 2. The number of benzene rings is 2. The van der Waals surface area contributed by atoms with Gasteiger partial charge in [0.05, 0.1) is 0 Å². The van der Waals surface area contributed by atoms with Crippen LogP contribution in [0.5, 0.6) is 0 Å². The topological polar surface area (TPSA) is 17.1 Å². The zero-order valence-electron chi connectivity index (χ0n) is 11.1. The molecule has 1 aliphatic rings. The molecular weight excluding hydrogens is 251 g/mol. The normalized spacial score (nSPS) is 17.1. The Morgan fingerprint density at radius 3 is 2.80 bits per heavy atom. The number of hydrogen-bond acceptors (Lipinski definition) is 1. The van der Waals surface area contributed by atoms with Crippen LogP contribution < -0.4 is 0 Å². The van der Waals surface area contributed by atoms with Crippen LogP contribution in [-0.4, -0.2) is 5.78 Å². The minimum atomic E-state index is -0.292. The fourth-order valence-electron chi connectivity index (χ4n) is 2.98. The molecule has 0 radical (unpaired) electrons. The second-order valence-corrected chi connectivity index (χ2v) is 5.11. The number of ketones is 1. The molecule has 0 spiro atoms. The van der Waals surface area contributed by atoms with Gasteiger partial charge in [0.15, 0.2) is 5.78 Å². The summed E-state index contributed by atoms with van der Waals surface area (Å²) >= 11 is 0. The van der Waals surface area contributed by atoms with Gasteiger partial charge in [-0.2, -0.15) is 0 Å². The van der Waals surface area contributed by atoms with E-state index in [1.165, 1.54) is 12.1 Å². The van der Waals surface area contributed by atoms with E-state index in [1.54, 1.807) is 6.07 Å². The third kappa shape index (κ3) is 2.07. The van der Waals surface area contributed by atoms with E-state index in [4.69, 9.17) is 0 Å². The Labute approximate surface area is 117 Å². The van der Waals surface area contributed by atoms with E-state index < -0.39 is 0 Å². The molecule has 0 N–H and O–H groups in total. The zero-order chi connectivity index (χ0) is 14.1. The van der Waals surface area contributed by atoms with Crippen molar-refractivity contribution in [3.8, 4) is 0 Å². The van der Waals surface area contributed by atoms with Gasteiger partial charge in [0, 0.05) is 17.9 Å². The first-order valence-corrected chi connectivity index (χ1v) is 6.72. The van der Waals surface area contributed by atoms with E-state index in [0.29, 0.717) is 0 Å². The predicted octanol–water partition coefficient (Wildman–Crippen LogP) is 4.27. The van der Waals surface area contributed by atoms with Gasteiger partial charge in [-0.1, -0.05) is 36.4 Å². The maximum Gasteiger partial charge on any atom is 0.167 e. The van der Waals surface area contributed by atoms with E-state index in [-0.39, 0.29) is 23.9 Å². The lowest BCUT2D eigenvalue weighted by atomic mass is 9.86. The Hall–Kier alpha value is -2.22. The van der Waals surface area contributed by atoms with Crippen LogP contribution in [0.3, 0.4) is 0 Å². The van der Waals surface area contributed by atoms with Gasteiger partial charge >= 0.3 is 0 Å². The van der Waals surface area contributed by atoms with Crippen molar-refractivity contribution in [3.63, 3.8) is 0 Å². The second kappa shape index (κ2) is 5.04. The van der Waals surface area contributed by atoms with Crippen LogP contribution in [0.1, 0.15) is 39.4 Å². The molecule has 0 heterocycles. The number of hydrogen-bond donors (Lipinski definition) is 0. The molecule has 1 unspecified atom stereocenters. The molecule has 100 valence electrons. The lowest BCUT2D eigenvalue weighted by Crippen LogP contribution is -2.04. The lowest BCUT2D eigenvalue weighted by Gasteiger charge is -2.18. The van der Waals surface area contributed by atoms with E-state index in [9.17, 15) is 9.18 Å². The molecule has 1 atom stereocenters. The highest BCUT2D eigenvalue weighted by Gasteiger charge is 2.26. The summed E-state index contributed by atoms with van der Waals surface area (Å²) in [5, 5.41) is 0. The smallest absolute Gasteiger partial charge is 0.167 e. The van der Waals surface area contributed by atoms with E-state index >= 15 is 0 Å². The second-order valence-electron chi connectivity index (χ2n) is 5.11. The maximum atomic E-state index is 13.5. The average Bonchev–Trinajstić information content (AvgIpc) is 2.56. The Kier molecular flexibility index (Phi) is 3.23. The van der Waals surface area contributed by atoms with E-state index in [2.05, 4.69) is 6.58 Å². The number of carbonyl (C=O) groups is 1. The van der Waals surface area contributed by atoms with Gasteiger partial charge in [0.1, 0.15) is 5.82 Å². The van der Waals surface area contributed by atoms with Gasteiger partial charge in [0.2, 0.25) is 0 Å². The minimum Gasteiger partial charge on any atom is -0.294 e. The molecule has 0 fully saturated rings. The Bertz CT molecular complexity index is 688. The summed E-state index contributed by atoms with van der Waals surface area (Å²) in [6.45, 7) is 3.81. The summed E-state index contributed by atoms with van der Waals surface area (Å²) in [4.78, 5) is 12.4. The third-order valence-corrected chi connectivity index (χ3v) is 3.87. The number of allylic oxidation sites excluding steroid dienone is 1. The zero-order valence-corrected chi connectivity index (χ0v) is 11.1. The molecule has 0 aliphatic heterocycles. The summed E-state index contributed by atoms with van der Waals surface area (Å²) in [5.41, 5.74) is 3.58. The molecule has 1 aliphatic carbocycles. The van der Waals surface area contributed by atoms with Crippen molar-refractivity contribution in [2.45, 2.75) is 18.8 Å². The van der Waals surface area contributed by atoms with Crippen LogP contribution in [0, 0.1) is 5.82 Å². The van der Waals surface area contributed by atoms with Crippen molar-refractivity contribution >= 4 is 5.78 Å². The van der Waals surface area contributed by atoms with E-state index in [1.807, 2.05) is 30.3 Å². The molecule has 1 nitrogen and oxygen atoms in total. The van der Waals surface area contributed by atoms with Gasteiger partial charge < -0.3 is 0 Å². The van der Waals surface area contributed by atoms with Gasteiger partial charge in [-0.25, -0.2) is 4.39 Å². The van der Waals surface area contributed by atoms with Crippen LogP contribution in [0.2, 0.25) is 0 Å². The number of Topliss-reactive ketones (excluding diaryl/α,β-unsaturated/α-hetero) is 1. The summed E-state index contributed by atoms with van der Waals surface area (Å²) in [6, 6.07) is 12.4. The van der Waals surface area contributed by atoms with Crippen molar-refractivity contribution in [2.24, 2.45) is 0 Å². The fourth-order valence-corrected chi connectivity index (χ4v) is 2.98. The number of carbonyl (C=O) groups excluding carboxylic acids is 1. The van der Waals surface area contributed by atoms with Gasteiger partial charge in [0.25, 0.3) is 0 Å². The summed E-state index contributed by atoms with van der Waals surface area (Å²) in [5.74, 6) is -0.162. The highest BCUT2D eigenvalue weighted by molar-refractivity contribution is 6.00. The highest BCUT2D eigenvalue weighted by atomic mass is 19.1. The Morgan fingerprint density at radius 1 is 1.20 bits per heavy atom. The number of rotatable bonds is 2. The van der Waals surface area contributed by atoms with Crippen molar-refractivity contribution in [3.05, 3.63) is 83.2 Å². The molecule has 0 saturated carbocycles. The standard InChI is InChI=1S/C18H15FO/c1-2-5-15-14-9-8-13(19)10-12(14)11-18(20)17-7-4-3-6-16(15)17/h2-4,6-10,15H,1,5,11H2. The molecule has 0 bridgehead atoms. The maximum absolute atomic E-state index is 13.5. The molecule has 3 rings (SSSR count). The average molecular weight is 266 g/mol. The minimum absolute atomic E-state index is 0.0546. The predicted molar refractivity (Wildman–Crippen MR) is 77.5 cm³/mol. The molecule has 2 aromatic carbocycles. The van der Waals surface area contributed by atoms with Gasteiger partial charge in [-0.15, -0.1) is 6.58 Å². The van der Waals surface area contributed by atoms with Crippen LogP contribution in [0.25, 0.3) is 0 Å². The van der Waals surface area contributed by atoms with Crippen LogP contribution in [-0.2, 0) is 6.42 Å². The quantitative estimate of drug-likeness (QED) is 0.742. The Balaban J connectivity index is 2.25. The molecule has 0 amide bonds. The first kappa shape index (κ1) is 12.8. The molecule has 2 aromatic rings. The van der Waals surface area contributed by atoms with Crippen molar-refractivity contribution in [2.75, 3.05) is 0 Å². The van der Waals surface area contributed by atoms with Crippen molar-refractivity contribution < 1.29 is 9.18 Å². The molecular formula is C18H15FO. The van der Waals surface area contributed by atoms with Crippen LogP contribution in [0.15, 0.2) is 55.1 Å². The SMILES string of the molecule is C=CCC1c2ccc(F)cc2CC(=O)c2ccccc21. The third-order valence-electron chi connectivity index (χ3n) is 3.87. The van der Waals surface area contributed by atoms with Gasteiger partial charge in [-0.05, 0) is 35.2 Å². The monoisotopic (exact) mass is 266 g/mol. The van der Waals surface area contributed by atoms with Crippen LogP contribution in [0.4, 0.5) is 4.39 Å². The molecule has 2 heteroatoms. The molecule has 0 aromatic heterocycles. The fraction of sp³-hybridized carbons (Fsp3) is 0.167. The van der Waals surface area contributed by atoms with Crippen LogP contribution >= 0.6 is 0 Å². The van der Waals surface area contributed by atoms with Gasteiger partial charge in [-0.3, -0.25) is 4.79 Å². The summed E-state index contributed by atoms with van der Waals surface area (Å²) < 4.78 is 13.5. The Morgan fingerprint density at radius 2 is 2.00 bits per heavy atom. The first-order valence-electron chi connectivity index (χ1n) is 6.72. The highest BCUT2D eigenvalue weighted by Crippen LogP contribution is 2.36. The largest absolute Gasteiger partial charge is 0.294 e. The first-order chi connectivity index (χ1) is 9.70. The summed E-state index contributed by atoms with van der Waals surface area (Å²) in [6.07, 6.45) is 2.85. The number of halogens is 1. The van der Waals surface area contributed by atoms with Crippen molar-refractivity contribution in [1.29, 1.82) is 0 Å².